The van der Waals surface area contributed by atoms with E-state index in [9.17, 15) is 18.0 Å². The molecule has 0 fully saturated rings. The van der Waals surface area contributed by atoms with Crippen molar-refractivity contribution in [3.8, 4) is 5.75 Å². The Morgan fingerprint density at radius 1 is 0.810 bits per heavy atom. The Labute approximate surface area is 247 Å². The number of amides is 2. The fraction of sp³-hybridized carbons (Fsp3) is 0.212. The molecule has 42 heavy (non-hydrogen) atoms. The number of aryl methyl sites for hydroxylation is 1. The molecule has 0 unspecified atom stereocenters. The average Bonchev–Trinajstić information content (AvgIpc) is 3.03. The van der Waals surface area contributed by atoms with Crippen molar-refractivity contribution in [3.05, 3.63) is 126 Å². The normalized spacial score (nSPS) is 11.8. The summed E-state index contributed by atoms with van der Waals surface area (Å²) in [6.45, 7) is 1.57. The van der Waals surface area contributed by atoms with E-state index in [1.165, 1.54) is 31.2 Å². The fourth-order valence-electron chi connectivity index (χ4n) is 4.61. The predicted molar refractivity (Wildman–Crippen MR) is 164 cm³/mol. The fourth-order valence-corrected chi connectivity index (χ4v) is 6.04. The lowest BCUT2D eigenvalue weighted by Crippen LogP contribution is -2.53. The van der Waals surface area contributed by atoms with Crippen LogP contribution >= 0.6 is 0 Å². The zero-order valence-corrected chi connectivity index (χ0v) is 24.8. The van der Waals surface area contributed by atoms with Gasteiger partial charge in [-0.2, -0.15) is 0 Å². The lowest BCUT2D eigenvalue weighted by atomic mass is 10.0. The van der Waals surface area contributed by atoms with Crippen LogP contribution < -0.4 is 14.4 Å². The standard InChI is InChI=1S/C33H35N3O5S/c1-25-14-16-27(17-15-25)23-35(31(33(38)34-2)22-26-10-6-4-7-11-26)32(37)24-36(28-18-20-29(41-3)21-19-28)42(39,40)30-12-8-5-9-13-30/h4-21,31H,22-24H2,1-3H3,(H,34,38)/t31-/m0/s1. The minimum Gasteiger partial charge on any atom is -0.497 e. The number of carbonyl (C=O) groups is 2. The third kappa shape index (κ3) is 7.36. The van der Waals surface area contributed by atoms with Gasteiger partial charge in [-0.3, -0.25) is 13.9 Å². The Bertz CT molecular complexity index is 1580. The second-order valence-electron chi connectivity index (χ2n) is 9.85. The van der Waals surface area contributed by atoms with Gasteiger partial charge in [-0.05, 0) is 54.4 Å². The van der Waals surface area contributed by atoms with Gasteiger partial charge in [0.15, 0.2) is 0 Å². The largest absolute Gasteiger partial charge is 0.497 e. The first-order chi connectivity index (χ1) is 20.2. The molecule has 0 bridgehead atoms. The van der Waals surface area contributed by atoms with E-state index in [0.29, 0.717) is 11.4 Å². The van der Waals surface area contributed by atoms with Gasteiger partial charge >= 0.3 is 0 Å². The van der Waals surface area contributed by atoms with Crippen molar-refractivity contribution < 1.29 is 22.7 Å². The van der Waals surface area contributed by atoms with Gasteiger partial charge in [-0.15, -0.1) is 0 Å². The lowest BCUT2D eigenvalue weighted by Gasteiger charge is -2.33. The molecule has 4 aromatic rings. The molecule has 0 spiro atoms. The van der Waals surface area contributed by atoms with E-state index in [1.54, 1.807) is 42.5 Å². The molecule has 0 radical (unpaired) electrons. The SMILES string of the molecule is CNC(=O)[C@H](Cc1ccccc1)N(Cc1ccc(C)cc1)C(=O)CN(c1ccc(OC)cc1)S(=O)(=O)c1ccccc1. The molecule has 8 nitrogen and oxygen atoms in total. The Balaban J connectivity index is 1.77. The van der Waals surface area contributed by atoms with Gasteiger partial charge in [-0.25, -0.2) is 8.42 Å². The number of nitrogens with one attached hydrogen (secondary N) is 1. The number of carbonyl (C=O) groups excluding carboxylic acids is 2. The van der Waals surface area contributed by atoms with Crippen LogP contribution in [0.4, 0.5) is 5.69 Å². The van der Waals surface area contributed by atoms with Crippen molar-refractivity contribution in [1.29, 1.82) is 0 Å². The van der Waals surface area contributed by atoms with Crippen LogP contribution in [0, 0.1) is 6.92 Å². The summed E-state index contributed by atoms with van der Waals surface area (Å²) in [5, 5.41) is 2.69. The number of nitrogens with zero attached hydrogens (tertiary/aromatic N) is 2. The maximum atomic E-state index is 14.3. The van der Waals surface area contributed by atoms with Gasteiger partial charge in [0.25, 0.3) is 10.0 Å². The van der Waals surface area contributed by atoms with Crippen molar-refractivity contribution in [2.45, 2.75) is 30.8 Å². The van der Waals surface area contributed by atoms with Gasteiger partial charge in [0.1, 0.15) is 18.3 Å². The Hall–Kier alpha value is -4.63. The quantitative estimate of drug-likeness (QED) is 0.263. The zero-order valence-electron chi connectivity index (χ0n) is 23.9. The first-order valence-corrected chi connectivity index (χ1v) is 15.0. The van der Waals surface area contributed by atoms with Crippen LogP contribution in [-0.2, 0) is 32.6 Å². The number of benzene rings is 4. The smallest absolute Gasteiger partial charge is 0.264 e. The molecule has 0 aliphatic rings. The third-order valence-corrected chi connectivity index (χ3v) is 8.75. The summed E-state index contributed by atoms with van der Waals surface area (Å²) in [6, 6.07) is 30.7. The van der Waals surface area contributed by atoms with Gasteiger partial charge in [-0.1, -0.05) is 78.4 Å². The number of ether oxygens (including phenoxy) is 1. The summed E-state index contributed by atoms with van der Waals surface area (Å²) < 4.78 is 34.2. The molecule has 0 saturated carbocycles. The van der Waals surface area contributed by atoms with Crippen LogP contribution in [0.2, 0.25) is 0 Å². The van der Waals surface area contributed by atoms with Gasteiger partial charge in [0.05, 0.1) is 17.7 Å². The van der Waals surface area contributed by atoms with Gasteiger partial charge in [0, 0.05) is 20.0 Å². The van der Waals surface area contributed by atoms with E-state index in [2.05, 4.69) is 5.32 Å². The molecular weight excluding hydrogens is 550 g/mol. The maximum Gasteiger partial charge on any atom is 0.264 e. The van der Waals surface area contributed by atoms with E-state index in [1.807, 2.05) is 61.5 Å². The van der Waals surface area contributed by atoms with Gasteiger partial charge in [0.2, 0.25) is 11.8 Å². The molecule has 9 heteroatoms. The lowest BCUT2D eigenvalue weighted by molar-refractivity contribution is -0.139. The number of likely N-dealkylation sites (N-methyl/N-ethyl adjacent to an activating group) is 1. The van der Waals surface area contributed by atoms with E-state index in [-0.39, 0.29) is 23.8 Å². The maximum absolute atomic E-state index is 14.3. The van der Waals surface area contributed by atoms with E-state index < -0.39 is 28.5 Å². The molecule has 0 heterocycles. The van der Waals surface area contributed by atoms with Crippen molar-refractivity contribution >= 4 is 27.5 Å². The molecule has 1 atom stereocenters. The predicted octanol–water partition coefficient (Wildman–Crippen LogP) is 4.59. The van der Waals surface area contributed by atoms with Crippen molar-refractivity contribution in [2.24, 2.45) is 0 Å². The highest BCUT2D eigenvalue weighted by Gasteiger charge is 2.34. The molecule has 4 aromatic carbocycles. The second-order valence-corrected chi connectivity index (χ2v) is 11.7. The highest BCUT2D eigenvalue weighted by atomic mass is 32.2. The summed E-state index contributed by atoms with van der Waals surface area (Å²) in [4.78, 5) is 29.1. The molecule has 1 N–H and O–H groups in total. The second kappa shape index (κ2) is 13.8. The van der Waals surface area contributed by atoms with E-state index in [0.717, 1.165) is 21.0 Å². The van der Waals surface area contributed by atoms with Crippen LogP contribution in [0.3, 0.4) is 0 Å². The molecule has 218 valence electrons. The molecule has 0 aromatic heterocycles. The number of anilines is 1. The molecular formula is C33H35N3O5S. The monoisotopic (exact) mass is 585 g/mol. The number of rotatable bonds is 12. The van der Waals surface area contributed by atoms with Gasteiger partial charge < -0.3 is 15.0 Å². The van der Waals surface area contributed by atoms with Crippen LogP contribution in [-0.4, -0.2) is 51.9 Å². The number of sulfonamides is 1. The molecule has 2 amide bonds. The molecule has 0 saturated heterocycles. The number of hydrogen-bond donors (Lipinski definition) is 1. The summed E-state index contributed by atoms with van der Waals surface area (Å²) in [5.74, 6) is -0.317. The Morgan fingerprint density at radius 3 is 1.98 bits per heavy atom. The minimum atomic E-state index is -4.15. The van der Waals surface area contributed by atoms with Crippen LogP contribution in [0.1, 0.15) is 16.7 Å². The first-order valence-electron chi connectivity index (χ1n) is 13.6. The number of methoxy groups -OCH3 is 1. The molecule has 0 aliphatic heterocycles. The van der Waals surface area contributed by atoms with E-state index >= 15 is 0 Å². The van der Waals surface area contributed by atoms with E-state index in [4.69, 9.17) is 4.74 Å². The van der Waals surface area contributed by atoms with Crippen LogP contribution in [0.15, 0.2) is 114 Å². The Morgan fingerprint density at radius 2 is 1.40 bits per heavy atom. The minimum absolute atomic E-state index is 0.0471. The first kappa shape index (κ1) is 30.3. The van der Waals surface area contributed by atoms with Crippen molar-refractivity contribution in [1.82, 2.24) is 10.2 Å². The third-order valence-electron chi connectivity index (χ3n) is 6.96. The van der Waals surface area contributed by atoms with Crippen LogP contribution in [0.25, 0.3) is 0 Å². The summed E-state index contributed by atoms with van der Waals surface area (Å²) in [7, 11) is -1.10. The molecule has 4 rings (SSSR count). The Kier molecular flexibility index (Phi) is 9.98. The average molecular weight is 586 g/mol. The summed E-state index contributed by atoms with van der Waals surface area (Å²) >= 11 is 0. The molecule has 0 aliphatic carbocycles. The van der Waals surface area contributed by atoms with Crippen LogP contribution in [0.5, 0.6) is 5.75 Å². The van der Waals surface area contributed by atoms with Crippen molar-refractivity contribution in [2.75, 3.05) is 25.0 Å². The topological polar surface area (TPSA) is 96.0 Å². The highest BCUT2D eigenvalue weighted by molar-refractivity contribution is 7.92. The highest BCUT2D eigenvalue weighted by Crippen LogP contribution is 2.27. The zero-order chi connectivity index (χ0) is 30.1. The summed E-state index contributed by atoms with van der Waals surface area (Å²) in [5.41, 5.74) is 3.04. The van der Waals surface area contributed by atoms with Crippen molar-refractivity contribution in [3.63, 3.8) is 0 Å². The summed E-state index contributed by atoms with van der Waals surface area (Å²) in [6.07, 6.45) is 0.256. The number of hydrogen-bond acceptors (Lipinski definition) is 5.